The Morgan fingerprint density at radius 1 is 1.03 bits per heavy atom. The van der Waals surface area contributed by atoms with E-state index in [1.54, 1.807) is 18.2 Å². The number of anilines is 1. The molecule has 0 fully saturated rings. The fourth-order valence-electron chi connectivity index (χ4n) is 2.51. The van der Waals surface area contributed by atoms with Gasteiger partial charge in [-0.2, -0.15) is 0 Å². The van der Waals surface area contributed by atoms with Crippen LogP contribution in [0.3, 0.4) is 0 Å². The second kappa shape index (κ2) is 9.51. The lowest BCUT2D eigenvalue weighted by molar-refractivity contribution is -0.129. The van der Waals surface area contributed by atoms with Crippen molar-refractivity contribution >= 4 is 23.5 Å². The van der Waals surface area contributed by atoms with Gasteiger partial charge >= 0.3 is 5.97 Å². The summed E-state index contributed by atoms with van der Waals surface area (Å²) in [5, 5.41) is 5.26. The number of benzene rings is 2. The van der Waals surface area contributed by atoms with Gasteiger partial charge in [-0.1, -0.05) is 12.1 Å². The van der Waals surface area contributed by atoms with E-state index < -0.39 is 23.9 Å². The number of amides is 2. The van der Waals surface area contributed by atoms with Gasteiger partial charge in [0.1, 0.15) is 5.82 Å². The first-order chi connectivity index (χ1) is 14.4. The lowest BCUT2D eigenvalue weighted by atomic mass is 10.2. The van der Waals surface area contributed by atoms with Gasteiger partial charge in [0.15, 0.2) is 11.9 Å². The van der Waals surface area contributed by atoms with E-state index >= 15 is 0 Å². The Kier molecular flexibility index (Phi) is 6.59. The van der Waals surface area contributed by atoms with Crippen molar-refractivity contribution < 1.29 is 27.9 Å². The van der Waals surface area contributed by atoms with E-state index in [9.17, 15) is 18.8 Å². The van der Waals surface area contributed by atoms with E-state index in [1.165, 1.54) is 55.7 Å². The van der Waals surface area contributed by atoms with E-state index in [0.717, 1.165) is 5.56 Å². The van der Waals surface area contributed by atoms with E-state index in [4.69, 9.17) is 9.15 Å². The van der Waals surface area contributed by atoms with Crippen LogP contribution >= 0.6 is 0 Å². The van der Waals surface area contributed by atoms with Gasteiger partial charge in [0.05, 0.1) is 11.8 Å². The summed E-state index contributed by atoms with van der Waals surface area (Å²) >= 11 is 0. The number of ether oxygens (including phenoxy) is 1. The lowest BCUT2D eigenvalue weighted by Crippen LogP contribution is -2.35. The highest BCUT2D eigenvalue weighted by atomic mass is 19.1. The van der Waals surface area contributed by atoms with Crippen LogP contribution < -0.4 is 10.6 Å². The summed E-state index contributed by atoms with van der Waals surface area (Å²) < 4.78 is 23.1. The summed E-state index contributed by atoms with van der Waals surface area (Å²) in [5.74, 6) is -1.77. The molecule has 3 rings (SSSR count). The van der Waals surface area contributed by atoms with Gasteiger partial charge < -0.3 is 19.8 Å². The highest BCUT2D eigenvalue weighted by Crippen LogP contribution is 2.13. The molecular formula is C22H19FN2O5. The molecule has 0 saturated heterocycles. The minimum atomic E-state index is -1.02. The van der Waals surface area contributed by atoms with Gasteiger partial charge in [-0.25, -0.2) is 9.18 Å². The quantitative estimate of drug-likeness (QED) is 0.581. The summed E-state index contributed by atoms with van der Waals surface area (Å²) in [5.41, 5.74) is 1.41. The van der Waals surface area contributed by atoms with Crippen molar-refractivity contribution in [2.24, 2.45) is 0 Å². The smallest absolute Gasteiger partial charge is 0.338 e. The monoisotopic (exact) mass is 410 g/mol. The van der Waals surface area contributed by atoms with Gasteiger partial charge in [0, 0.05) is 12.2 Å². The van der Waals surface area contributed by atoms with Crippen molar-refractivity contribution in [3.8, 4) is 0 Å². The number of hydrogen-bond donors (Lipinski definition) is 2. The number of rotatable bonds is 7. The summed E-state index contributed by atoms with van der Waals surface area (Å²) in [6, 6.07) is 14.9. The number of esters is 1. The highest BCUT2D eigenvalue weighted by Gasteiger charge is 2.19. The molecule has 0 bridgehead atoms. The second-order valence-corrected chi connectivity index (χ2v) is 6.40. The third-order valence-corrected chi connectivity index (χ3v) is 4.16. The van der Waals surface area contributed by atoms with Crippen LogP contribution in [0.5, 0.6) is 0 Å². The number of carbonyl (C=O) groups is 3. The lowest BCUT2D eigenvalue weighted by Gasteiger charge is -2.14. The van der Waals surface area contributed by atoms with Crippen LogP contribution in [0, 0.1) is 5.82 Å². The molecule has 0 spiro atoms. The topological polar surface area (TPSA) is 97.6 Å². The number of hydrogen-bond acceptors (Lipinski definition) is 5. The standard InChI is InChI=1S/C22H19FN2O5/c1-14(20(26)24-13-15-4-8-17(23)9-5-15)30-22(28)16-6-10-18(11-7-16)25-21(27)19-3-2-12-29-19/h2-12,14H,13H2,1H3,(H,24,26)(H,25,27)/t14-/m1/s1. The molecule has 30 heavy (non-hydrogen) atoms. The molecule has 2 amide bonds. The molecular weight excluding hydrogens is 391 g/mol. The minimum absolute atomic E-state index is 0.166. The fraction of sp³-hybridized carbons (Fsp3) is 0.136. The van der Waals surface area contributed by atoms with Crippen molar-refractivity contribution in [1.82, 2.24) is 5.32 Å². The van der Waals surface area contributed by atoms with E-state index in [1.807, 2.05) is 0 Å². The molecule has 2 aromatic carbocycles. The average molecular weight is 410 g/mol. The number of halogens is 1. The molecule has 0 aliphatic rings. The SMILES string of the molecule is C[C@@H](OC(=O)c1ccc(NC(=O)c2ccco2)cc1)C(=O)NCc1ccc(F)cc1. The van der Waals surface area contributed by atoms with Gasteiger partial charge in [-0.3, -0.25) is 9.59 Å². The minimum Gasteiger partial charge on any atom is -0.459 e. The van der Waals surface area contributed by atoms with Crippen LogP contribution in [0.4, 0.5) is 10.1 Å². The van der Waals surface area contributed by atoms with Crippen molar-refractivity contribution in [2.75, 3.05) is 5.32 Å². The Hall–Kier alpha value is -3.94. The highest BCUT2D eigenvalue weighted by molar-refractivity contribution is 6.02. The van der Waals surface area contributed by atoms with Crippen molar-refractivity contribution in [2.45, 2.75) is 19.6 Å². The van der Waals surface area contributed by atoms with Gasteiger partial charge in [0.25, 0.3) is 11.8 Å². The predicted molar refractivity (Wildman–Crippen MR) is 106 cm³/mol. The normalized spacial score (nSPS) is 11.4. The first-order valence-corrected chi connectivity index (χ1v) is 9.10. The molecule has 0 unspecified atom stereocenters. The predicted octanol–water partition coefficient (Wildman–Crippen LogP) is 3.53. The molecule has 0 aliphatic heterocycles. The first kappa shape index (κ1) is 20.8. The molecule has 0 radical (unpaired) electrons. The Labute approximate surface area is 171 Å². The van der Waals surface area contributed by atoms with Crippen LogP contribution in [-0.4, -0.2) is 23.9 Å². The van der Waals surface area contributed by atoms with E-state index in [-0.39, 0.29) is 23.7 Å². The van der Waals surface area contributed by atoms with Gasteiger partial charge in [-0.05, 0) is 61.0 Å². The molecule has 2 N–H and O–H groups in total. The molecule has 8 heteroatoms. The van der Waals surface area contributed by atoms with Crippen LogP contribution in [0.1, 0.15) is 33.4 Å². The Morgan fingerprint density at radius 2 is 1.73 bits per heavy atom. The zero-order chi connectivity index (χ0) is 21.5. The molecule has 1 aromatic heterocycles. The molecule has 154 valence electrons. The summed E-state index contributed by atoms with van der Waals surface area (Å²) in [6.45, 7) is 1.64. The molecule has 7 nitrogen and oxygen atoms in total. The van der Waals surface area contributed by atoms with Gasteiger partial charge in [-0.15, -0.1) is 0 Å². The van der Waals surface area contributed by atoms with Crippen LogP contribution in [0.25, 0.3) is 0 Å². The Balaban J connectivity index is 1.50. The average Bonchev–Trinajstić information content (AvgIpc) is 3.28. The summed E-state index contributed by atoms with van der Waals surface area (Å²) in [7, 11) is 0. The van der Waals surface area contributed by atoms with E-state index in [2.05, 4.69) is 10.6 Å². The van der Waals surface area contributed by atoms with Gasteiger partial charge in [0.2, 0.25) is 0 Å². The third kappa shape index (κ3) is 5.54. The molecule has 1 atom stereocenters. The van der Waals surface area contributed by atoms with Crippen molar-refractivity contribution in [3.63, 3.8) is 0 Å². The zero-order valence-corrected chi connectivity index (χ0v) is 16.1. The maximum absolute atomic E-state index is 12.9. The molecule has 0 aliphatic carbocycles. The Bertz CT molecular complexity index is 1010. The Morgan fingerprint density at radius 3 is 2.37 bits per heavy atom. The first-order valence-electron chi connectivity index (χ1n) is 9.10. The molecule has 1 heterocycles. The number of carbonyl (C=O) groups excluding carboxylic acids is 3. The van der Waals surface area contributed by atoms with Crippen molar-refractivity contribution in [1.29, 1.82) is 0 Å². The third-order valence-electron chi connectivity index (χ3n) is 4.16. The molecule has 3 aromatic rings. The van der Waals surface area contributed by atoms with Crippen LogP contribution in [0.15, 0.2) is 71.3 Å². The summed E-state index contributed by atoms with van der Waals surface area (Å²) in [4.78, 5) is 36.3. The second-order valence-electron chi connectivity index (χ2n) is 6.40. The molecule has 0 saturated carbocycles. The maximum Gasteiger partial charge on any atom is 0.338 e. The zero-order valence-electron chi connectivity index (χ0n) is 16.1. The largest absolute Gasteiger partial charge is 0.459 e. The number of furan rings is 1. The van der Waals surface area contributed by atoms with Crippen LogP contribution in [0.2, 0.25) is 0 Å². The number of nitrogens with one attached hydrogen (secondary N) is 2. The van der Waals surface area contributed by atoms with Crippen LogP contribution in [-0.2, 0) is 16.1 Å². The van der Waals surface area contributed by atoms with E-state index in [0.29, 0.717) is 5.69 Å². The fourth-order valence-corrected chi connectivity index (χ4v) is 2.51. The maximum atomic E-state index is 12.9. The van der Waals surface area contributed by atoms with Crippen molar-refractivity contribution in [3.05, 3.63) is 89.6 Å². The summed E-state index contributed by atoms with van der Waals surface area (Å²) in [6.07, 6.45) is 0.377.